The zero-order valence-electron chi connectivity index (χ0n) is 26.5. The van der Waals surface area contributed by atoms with Gasteiger partial charge in [-0.3, -0.25) is 13.9 Å². The molecule has 0 fully saturated rings. The second-order valence-corrected chi connectivity index (χ2v) is 13.2. The highest BCUT2D eigenvalue weighted by molar-refractivity contribution is 7.92. The molecule has 1 N–H and O–H groups in total. The van der Waals surface area contributed by atoms with Gasteiger partial charge in [0, 0.05) is 19.0 Å². The first-order valence-corrected chi connectivity index (χ1v) is 16.9. The lowest BCUT2D eigenvalue weighted by molar-refractivity contribution is -0.140. The van der Waals surface area contributed by atoms with Crippen molar-refractivity contribution in [3.05, 3.63) is 131 Å². The van der Waals surface area contributed by atoms with Crippen LogP contribution < -0.4 is 9.62 Å². The Morgan fingerprint density at radius 2 is 1.42 bits per heavy atom. The van der Waals surface area contributed by atoms with E-state index in [9.17, 15) is 18.0 Å². The van der Waals surface area contributed by atoms with Gasteiger partial charge in [-0.05, 0) is 61.6 Å². The van der Waals surface area contributed by atoms with Gasteiger partial charge >= 0.3 is 0 Å². The summed E-state index contributed by atoms with van der Waals surface area (Å²) in [5.41, 5.74) is 4.01. The van der Waals surface area contributed by atoms with E-state index >= 15 is 0 Å². The quantitative estimate of drug-likeness (QED) is 0.178. The van der Waals surface area contributed by atoms with Crippen LogP contribution in [0.2, 0.25) is 0 Å². The maximum absolute atomic E-state index is 14.6. The maximum atomic E-state index is 14.6. The smallest absolute Gasteiger partial charge is 0.264 e. The van der Waals surface area contributed by atoms with E-state index < -0.39 is 28.5 Å². The highest BCUT2D eigenvalue weighted by atomic mass is 32.2. The van der Waals surface area contributed by atoms with Crippen LogP contribution >= 0.6 is 0 Å². The SMILES string of the molecule is CCc1ccccc1N(CC(=O)N(Cc1cccc(C)c1)[C@H](Cc1ccccc1)C(=O)N[C@H](C)CC)S(=O)(=O)c1ccccc1. The Balaban J connectivity index is 1.83. The van der Waals surface area contributed by atoms with Crippen LogP contribution in [-0.4, -0.2) is 43.8 Å². The number of sulfonamides is 1. The lowest BCUT2D eigenvalue weighted by atomic mass is 10.0. The van der Waals surface area contributed by atoms with Crippen molar-refractivity contribution in [2.24, 2.45) is 0 Å². The largest absolute Gasteiger partial charge is 0.352 e. The van der Waals surface area contributed by atoms with Crippen LogP contribution in [0.4, 0.5) is 5.69 Å². The Labute approximate surface area is 268 Å². The molecule has 0 bridgehead atoms. The molecule has 0 aliphatic heterocycles. The number of hydrogen-bond acceptors (Lipinski definition) is 4. The number of rotatable bonds is 14. The monoisotopic (exact) mass is 625 g/mol. The molecule has 0 heterocycles. The van der Waals surface area contributed by atoms with Crippen molar-refractivity contribution in [1.29, 1.82) is 0 Å². The van der Waals surface area contributed by atoms with Crippen LogP contribution in [0.1, 0.15) is 49.4 Å². The molecule has 2 amide bonds. The number of benzene rings is 4. The topological polar surface area (TPSA) is 86.8 Å². The molecule has 0 aliphatic carbocycles. The molecule has 236 valence electrons. The van der Waals surface area contributed by atoms with Crippen LogP contribution in [0.25, 0.3) is 0 Å². The number of para-hydroxylation sites is 1. The van der Waals surface area contributed by atoms with Crippen molar-refractivity contribution < 1.29 is 18.0 Å². The third kappa shape index (κ3) is 8.60. The average Bonchev–Trinajstić information content (AvgIpc) is 3.05. The summed E-state index contributed by atoms with van der Waals surface area (Å²) in [6.45, 7) is 7.52. The number of aryl methyl sites for hydroxylation is 2. The Morgan fingerprint density at radius 1 is 0.800 bits per heavy atom. The molecule has 45 heavy (non-hydrogen) atoms. The lowest BCUT2D eigenvalue weighted by Crippen LogP contribution is -2.54. The maximum Gasteiger partial charge on any atom is 0.264 e. The molecule has 0 spiro atoms. The highest BCUT2D eigenvalue weighted by Crippen LogP contribution is 2.28. The zero-order chi connectivity index (χ0) is 32.4. The fourth-order valence-corrected chi connectivity index (χ4v) is 6.76. The molecular formula is C37H43N3O4S. The van der Waals surface area contributed by atoms with Crippen molar-refractivity contribution >= 4 is 27.5 Å². The summed E-state index contributed by atoms with van der Waals surface area (Å²) in [6, 6.07) is 31.8. The minimum Gasteiger partial charge on any atom is -0.352 e. The third-order valence-electron chi connectivity index (χ3n) is 7.96. The summed E-state index contributed by atoms with van der Waals surface area (Å²) in [5.74, 6) is -0.747. The van der Waals surface area contributed by atoms with E-state index in [0.29, 0.717) is 12.1 Å². The zero-order valence-corrected chi connectivity index (χ0v) is 27.3. The number of anilines is 1. The van der Waals surface area contributed by atoms with Crippen molar-refractivity contribution in [2.75, 3.05) is 10.8 Å². The van der Waals surface area contributed by atoms with E-state index in [1.165, 1.54) is 16.4 Å². The van der Waals surface area contributed by atoms with E-state index in [1.807, 2.05) is 94.4 Å². The van der Waals surface area contributed by atoms with E-state index in [0.717, 1.165) is 28.7 Å². The molecule has 0 saturated carbocycles. The Kier molecular flexibility index (Phi) is 11.5. The normalized spacial score (nSPS) is 12.6. The summed E-state index contributed by atoms with van der Waals surface area (Å²) in [6.07, 6.45) is 1.58. The number of amides is 2. The standard InChI is InChI=1S/C37H43N3O4S/c1-5-29(4)38-37(42)35(25-30-17-9-7-10-18-30)39(26-31-19-15-16-28(3)24-31)36(41)27-40(34-23-14-13-20-32(34)6-2)45(43,44)33-21-11-8-12-22-33/h7-24,29,35H,5-6,25-27H2,1-4H3,(H,38,42)/t29-,35-/m1/s1. The van der Waals surface area contributed by atoms with Crippen molar-refractivity contribution in [2.45, 2.75) is 70.5 Å². The van der Waals surface area contributed by atoms with Gasteiger partial charge in [-0.25, -0.2) is 8.42 Å². The summed E-state index contributed by atoms with van der Waals surface area (Å²) >= 11 is 0. The molecule has 4 rings (SSSR count). The number of carbonyl (C=O) groups excluding carboxylic acids is 2. The predicted molar refractivity (Wildman–Crippen MR) is 180 cm³/mol. The second-order valence-electron chi connectivity index (χ2n) is 11.3. The van der Waals surface area contributed by atoms with E-state index in [1.54, 1.807) is 35.2 Å². The predicted octanol–water partition coefficient (Wildman–Crippen LogP) is 6.31. The molecule has 0 unspecified atom stereocenters. The van der Waals surface area contributed by atoms with Crippen LogP contribution in [0.5, 0.6) is 0 Å². The van der Waals surface area contributed by atoms with Crippen LogP contribution in [0.15, 0.2) is 114 Å². The fraction of sp³-hybridized carbons (Fsp3) is 0.297. The Morgan fingerprint density at radius 3 is 2.07 bits per heavy atom. The van der Waals surface area contributed by atoms with E-state index in [2.05, 4.69) is 5.32 Å². The number of carbonyl (C=O) groups is 2. The number of nitrogens with zero attached hydrogens (tertiary/aromatic N) is 2. The minimum atomic E-state index is -4.14. The molecule has 7 nitrogen and oxygen atoms in total. The molecule has 4 aromatic carbocycles. The minimum absolute atomic E-state index is 0.0873. The first-order valence-electron chi connectivity index (χ1n) is 15.5. The van der Waals surface area contributed by atoms with Gasteiger partial charge in [0.15, 0.2) is 0 Å². The molecule has 0 aromatic heterocycles. The third-order valence-corrected chi connectivity index (χ3v) is 9.73. The van der Waals surface area contributed by atoms with Crippen LogP contribution in [-0.2, 0) is 39.0 Å². The Hall–Kier alpha value is -4.43. The molecular weight excluding hydrogens is 582 g/mol. The lowest BCUT2D eigenvalue weighted by Gasteiger charge is -2.34. The molecule has 2 atom stereocenters. The van der Waals surface area contributed by atoms with Gasteiger partial charge in [-0.2, -0.15) is 0 Å². The van der Waals surface area contributed by atoms with Crippen molar-refractivity contribution in [3.8, 4) is 0 Å². The summed E-state index contributed by atoms with van der Waals surface area (Å²) in [7, 11) is -4.14. The molecule has 4 aromatic rings. The van der Waals surface area contributed by atoms with Gasteiger partial charge in [0.05, 0.1) is 10.6 Å². The van der Waals surface area contributed by atoms with Crippen molar-refractivity contribution in [1.82, 2.24) is 10.2 Å². The van der Waals surface area contributed by atoms with Gasteiger partial charge in [0.25, 0.3) is 10.0 Å². The van der Waals surface area contributed by atoms with Gasteiger partial charge in [-0.15, -0.1) is 0 Å². The average molecular weight is 626 g/mol. The van der Waals surface area contributed by atoms with Gasteiger partial charge < -0.3 is 10.2 Å². The molecule has 0 aliphatic rings. The Bertz CT molecular complexity index is 1680. The number of nitrogens with one attached hydrogen (secondary N) is 1. The van der Waals surface area contributed by atoms with Crippen molar-refractivity contribution in [3.63, 3.8) is 0 Å². The summed E-state index contributed by atoms with van der Waals surface area (Å²) in [4.78, 5) is 30.2. The van der Waals surface area contributed by atoms with Gasteiger partial charge in [0.1, 0.15) is 12.6 Å². The molecule has 0 saturated heterocycles. The van der Waals surface area contributed by atoms with Crippen LogP contribution in [0, 0.1) is 6.92 Å². The summed E-state index contributed by atoms with van der Waals surface area (Å²) < 4.78 is 29.6. The van der Waals surface area contributed by atoms with E-state index in [-0.39, 0.29) is 29.8 Å². The second kappa shape index (κ2) is 15.5. The summed E-state index contributed by atoms with van der Waals surface area (Å²) in [5, 5.41) is 3.08. The fourth-order valence-electron chi connectivity index (χ4n) is 5.29. The van der Waals surface area contributed by atoms with E-state index in [4.69, 9.17) is 0 Å². The first-order chi connectivity index (χ1) is 21.6. The van der Waals surface area contributed by atoms with Crippen LogP contribution in [0.3, 0.4) is 0 Å². The van der Waals surface area contributed by atoms with Gasteiger partial charge in [-0.1, -0.05) is 110 Å². The van der Waals surface area contributed by atoms with Gasteiger partial charge in [0.2, 0.25) is 11.8 Å². The molecule has 8 heteroatoms. The highest BCUT2D eigenvalue weighted by Gasteiger charge is 2.35. The molecule has 0 radical (unpaired) electrons. The first kappa shape index (κ1) is 33.5. The number of hydrogen-bond donors (Lipinski definition) is 1.